The van der Waals surface area contributed by atoms with E-state index in [9.17, 15) is 0 Å². The van der Waals surface area contributed by atoms with Crippen LogP contribution in [0.2, 0.25) is 0 Å². The second-order valence-electron chi connectivity index (χ2n) is 3.49. The summed E-state index contributed by atoms with van der Waals surface area (Å²) >= 11 is 0. The van der Waals surface area contributed by atoms with Crippen molar-refractivity contribution in [1.82, 2.24) is 5.32 Å². The van der Waals surface area contributed by atoms with Crippen LogP contribution < -0.4 is 11.1 Å². The fourth-order valence-corrected chi connectivity index (χ4v) is 1.77. The first kappa shape index (κ1) is 8.10. The van der Waals surface area contributed by atoms with E-state index in [4.69, 9.17) is 11.1 Å². The van der Waals surface area contributed by atoms with Crippen LogP contribution in [0, 0.1) is 11.3 Å². The predicted molar refractivity (Wildman–Crippen MR) is 53.3 cm³/mol. The number of rotatable bonds is 1. The topological polar surface area (TPSA) is 61.9 Å². The Morgan fingerprint density at radius 2 is 2.31 bits per heavy atom. The van der Waals surface area contributed by atoms with Crippen molar-refractivity contribution in [3.05, 3.63) is 35.6 Å². The second kappa shape index (κ2) is 2.76. The van der Waals surface area contributed by atoms with Gasteiger partial charge in [-0.2, -0.15) is 0 Å². The largest absolute Gasteiger partial charge is 0.384 e. The molecule has 0 fully saturated rings. The van der Waals surface area contributed by atoms with E-state index in [0.29, 0.717) is 12.0 Å². The van der Waals surface area contributed by atoms with Gasteiger partial charge in [0.1, 0.15) is 5.84 Å². The summed E-state index contributed by atoms with van der Waals surface area (Å²) in [5.74, 6) is 0.573. The zero-order valence-corrected chi connectivity index (χ0v) is 7.54. The summed E-state index contributed by atoms with van der Waals surface area (Å²) in [5.41, 5.74) is 7.42. The van der Waals surface area contributed by atoms with Gasteiger partial charge in [-0.1, -0.05) is 24.3 Å². The van der Waals surface area contributed by atoms with E-state index in [-0.39, 0.29) is 5.84 Å². The molecule has 0 aromatic heterocycles. The van der Waals surface area contributed by atoms with E-state index in [1.807, 2.05) is 19.1 Å². The van der Waals surface area contributed by atoms with Gasteiger partial charge in [-0.15, -0.1) is 0 Å². The van der Waals surface area contributed by atoms with Crippen LogP contribution in [0.25, 0.3) is 0 Å². The van der Waals surface area contributed by atoms with E-state index >= 15 is 0 Å². The van der Waals surface area contributed by atoms with Crippen molar-refractivity contribution in [3.8, 4) is 0 Å². The van der Waals surface area contributed by atoms with Gasteiger partial charge in [-0.05, 0) is 6.92 Å². The van der Waals surface area contributed by atoms with E-state index in [1.54, 1.807) is 0 Å². The SMILES string of the molecule is CC1=C[C@@H]2C=CC(C(=N)N)=CC2N1. The van der Waals surface area contributed by atoms with Gasteiger partial charge in [0.25, 0.3) is 0 Å². The summed E-state index contributed by atoms with van der Waals surface area (Å²) in [4.78, 5) is 0. The van der Waals surface area contributed by atoms with Gasteiger partial charge in [0.2, 0.25) is 0 Å². The third-order valence-electron chi connectivity index (χ3n) is 2.42. The molecule has 2 aliphatic rings. The Morgan fingerprint density at radius 1 is 1.54 bits per heavy atom. The maximum Gasteiger partial charge on any atom is 0.122 e. The summed E-state index contributed by atoms with van der Waals surface area (Å²) in [7, 11) is 0. The van der Waals surface area contributed by atoms with Crippen molar-refractivity contribution in [2.24, 2.45) is 11.7 Å². The number of allylic oxidation sites excluding steroid dienone is 1. The van der Waals surface area contributed by atoms with Crippen LogP contribution >= 0.6 is 0 Å². The van der Waals surface area contributed by atoms with Crippen LogP contribution in [0.15, 0.2) is 35.6 Å². The molecule has 0 amide bonds. The molecule has 68 valence electrons. The first-order valence-electron chi connectivity index (χ1n) is 4.36. The minimum atomic E-state index is 0.140. The van der Waals surface area contributed by atoms with Crippen molar-refractivity contribution in [1.29, 1.82) is 5.41 Å². The fourth-order valence-electron chi connectivity index (χ4n) is 1.77. The Bertz CT molecular complexity index is 336. The summed E-state index contributed by atoms with van der Waals surface area (Å²) in [5, 5.41) is 10.6. The zero-order chi connectivity index (χ0) is 9.42. The summed E-state index contributed by atoms with van der Waals surface area (Å²) in [6.45, 7) is 2.05. The van der Waals surface area contributed by atoms with Crippen molar-refractivity contribution < 1.29 is 0 Å². The first-order chi connectivity index (χ1) is 6.16. The number of fused-ring (bicyclic) bond motifs is 1. The number of nitrogens with two attached hydrogens (primary N) is 1. The van der Waals surface area contributed by atoms with Gasteiger partial charge in [0, 0.05) is 17.2 Å². The molecule has 4 N–H and O–H groups in total. The molecule has 0 radical (unpaired) electrons. The van der Waals surface area contributed by atoms with E-state index in [1.165, 1.54) is 5.70 Å². The van der Waals surface area contributed by atoms with Crippen molar-refractivity contribution >= 4 is 5.84 Å². The van der Waals surface area contributed by atoms with Crippen molar-refractivity contribution in [2.45, 2.75) is 13.0 Å². The fraction of sp³-hybridized carbons (Fsp3) is 0.300. The van der Waals surface area contributed by atoms with Gasteiger partial charge in [-0.3, -0.25) is 5.41 Å². The zero-order valence-electron chi connectivity index (χ0n) is 7.54. The first-order valence-corrected chi connectivity index (χ1v) is 4.36. The molecule has 3 heteroatoms. The average Bonchev–Trinajstić information content (AvgIpc) is 2.42. The minimum absolute atomic E-state index is 0.140. The van der Waals surface area contributed by atoms with Gasteiger partial charge in [-0.25, -0.2) is 0 Å². The molecule has 1 heterocycles. The van der Waals surface area contributed by atoms with E-state index in [2.05, 4.69) is 17.5 Å². The Labute approximate surface area is 77.5 Å². The highest BCUT2D eigenvalue weighted by molar-refractivity contribution is 5.97. The standard InChI is InChI=1S/C10H13N3/c1-6-4-7-2-3-8(10(11)12)5-9(7)13-6/h2-5,7,9,13H,1H3,(H3,11,12)/t7-,9?/m0/s1. The molecular formula is C10H13N3. The maximum absolute atomic E-state index is 7.30. The summed E-state index contributed by atoms with van der Waals surface area (Å²) < 4.78 is 0. The van der Waals surface area contributed by atoms with Gasteiger partial charge >= 0.3 is 0 Å². The Kier molecular flexibility index (Phi) is 1.72. The summed E-state index contributed by atoms with van der Waals surface area (Å²) in [6.07, 6.45) is 8.21. The molecule has 0 spiro atoms. The molecule has 0 saturated carbocycles. The molecule has 0 saturated heterocycles. The molecule has 1 unspecified atom stereocenters. The Hall–Kier alpha value is -1.51. The lowest BCUT2D eigenvalue weighted by molar-refractivity contribution is 0.636. The quantitative estimate of drug-likeness (QED) is 0.410. The van der Waals surface area contributed by atoms with Crippen LogP contribution in [-0.4, -0.2) is 11.9 Å². The van der Waals surface area contributed by atoms with Gasteiger partial charge in [0.15, 0.2) is 0 Å². The highest BCUT2D eigenvalue weighted by atomic mass is 14.9. The number of hydrogen-bond acceptors (Lipinski definition) is 2. The molecule has 13 heavy (non-hydrogen) atoms. The van der Waals surface area contributed by atoms with Crippen LogP contribution in [0.3, 0.4) is 0 Å². The number of hydrogen-bond donors (Lipinski definition) is 3. The minimum Gasteiger partial charge on any atom is -0.384 e. The predicted octanol–water partition coefficient (Wildman–Crippen LogP) is 0.910. The van der Waals surface area contributed by atoms with Gasteiger partial charge in [0.05, 0.1) is 6.04 Å². The molecule has 1 aliphatic carbocycles. The monoisotopic (exact) mass is 175 g/mol. The highest BCUT2D eigenvalue weighted by Crippen LogP contribution is 2.24. The molecular weight excluding hydrogens is 162 g/mol. The van der Waals surface area contributed by atoms with Crippen LogP contribution in [0.1, 0.15) is 6.92 Å². The third kappa shape index (κ3) is 1.37. The smallest absolute Gasteiger partial charge is 0.122 e. The van der Waals surface area contributed by atoms with Crippen LogP contribution in [0.5, 0.6) is 0 Å². The molecule has 0 aromatic rings. The third-order valence-corrected chi connectivity index (χ3v) is 2.42. The summed E-state index contributed by atoms with van der Waals surface area (Å²) in [6, 6.07) is 0.295. The molecule has 0 bridgehead atoms. The van der Waals surface area contributed by atoms with Crippen molar-refractivity contribution in [2.75, 3.05) is 0 Å². The lowest BCUT2D eigenvalue weighted by Gasteiger charge is -2.18. The lowest BCUT2D eigenvalue weighted by atomic mass is 9.93. The molecule has 0 aromatic carbocycles. The molecule has 3 nitrogen and oxygen atoms in total. The normalized spacial score (nSPS) is 30.2. The Morgan fingerprint density at radius 3 is 3.00 bits per heavy atom. The number of amidine groups is 1. The van der Waals surface area contributed by atoms with Crippen LogP contribution in [-0.2, 0) is 0 Å². The van der Waals surface area contributed by atoms with Crippen molar-refractivity contribution in [3.63, 3.8) is 0 Å². The molecule has 2 rings (SSSR count). The molecule has 2 atom stereocenters. The van der Waals surface area contributed by atoms with E-state index in [0.717, 1.165) is 5.57 Å². The van der Waals surface area contributed by atoms with E-state index < -0.39 is 0 Å². The lowest BCUT2D eigenvalue weighted by Crippen LogP contribution is -2.29. The highest BCUT2D eigenvalue weighted by Gasteiger charge is 2.24. The van der Waals surface area contributed by atoms with Gasteiger partial charge < -0.3 is 11.1 Å². The second-order valence-corrected chi connectivity index (χ2v) is 3.49. The Balaban J connectivity index is 2.23. The number of nitrogens with one attached hydrogen (secondary N) is 2. The molecule has 1 aliphatic heterocycles. The van der Waals surface area contributed by atoms with Crippen LogP contribution in [0.4, 0.5) is 0 Å². The maximum atomic E-state index is 7.30. The average molecular weight is 175 g/mol.